The van der Waals surface area contributed by atoms with Crippen LogP contribution in [0.2, 0.25) is 0 Å². The van der Waals surface area contributed by atoms with Crippen molar-refractivity contribution in [2.24, 2.45) is 0 Å². The Balaban J connectivity index is 2.06. The van der Waals surface area contributed by atoms with Crippen molar-refractivity contribution in [1.29, 1.82) is 0 Å². The Hall–Kier alpha value is -0.730. The molecule has 1 unspecified atom stereocenters. The maximum atomic E-state index is 3.56. The van der Waals surface area contributed by atoms with Gasteiger partial charge in [-0.3, -0.25) is 0 Å². The lowest BCUT2D eigenvalue weighted by atomic mass is 9.93. The van der Waals surface area contributed by atoms with Crippen molar-refractivity contribution < 1.29 is 0 Å². The van der Waals surface area contributed by atoms with Gasteiger partial charge in [-0.15, -0.1) is 11.8 Å². The molecule has 0 saturated carbocycles. The van der Waals surface area contributed by atoms with Crippen LogP contribution in [0.3, 0.4) is 0 Å². The molecule has 16 heavy (non-hydrogen) atoms. The van der Waals surface area contributed by atoms with E-state index in [0.29, 0.717) is 5.92 Å². The van der Waals surface area contributed by atoms with Crippen molar-refractivity contribution in [2.75, 3.05) is 5.75 Å². The first-order valence-electron chi connectivity index (χ1n) is 5.32. The van der Waals surface area contributed by atoms with Gasteiger partial charge >= 0.3 is 0 Å². The quantitative estimate of drug-likeness (QED) is 0.734. The summed E-state index contributed by atoms with van der Waals surface area (Å²) < 4.78 is 1.18. The van der Waals surface area contributed by atoms with Gasteiger partial charge in [0.25, 0.3) is 0 Å². The Morgan fingerprint density at radius 2 is 1.88 bits per heavy atom. The second-order valence-corrected chi connectivity index (χ2v) is 5.93. The van der Waals surface area contributed by atoms with Crippen LogP contribution in [0, 0.1) is 0 Å². The first kappa shape index (κ1) is 10.4. The maximum Gasteiger partial charge on any atom is 0.0195 e. The molecule has 1 aliphatic rings. The van der Waals surface area contributed by atoms with Crippen LogP contribution in [-0.2, 0) is 0 Å². The summed E-state index contributed by atoms with van der Waals surface area (Å²) in [4.78, 5) is 1.43. The summed E-state index contributed by atoms with van der Waals surface area (Å²) in [7, 11) is 0. The number of hydrogen-bond acceptors (Lipinski definition) is 1. The van der Waals surface area contributed by atoms with Crippen LogP contribution in [0.4, 0.5) is 0 Å². The van der Waals surface area contributed by atoms with Crippen molar-refractivity contribution >= 4 is 27.7 Å². The zero-order valence-corrected chi connectivity index (χ0v) is 11.1. The van der Waals surface area contributed by atoms with Gasteiger partial charge in [0.2, 0.25) is 0 Å². The van der Waals surface area contributed by atoms with E-state index in [4.69, 9.17) is 0 Å². The monoisotopic (exact) mass is 290 g/mol. The second kappa shape index (κ2) is 4.27. The molecule has 0 fully saturated rings. The van der Waals surface area contributed by atoms with Crippen molar-refractivity contribution in [1.82, 2.24) is 0 Å². The van der Waals surface area contributed by atoms with Gasteiger partial charge in [0.05, 0.1) is 0 Å². The predicted octanol–water partition coefficient (Wildman–Crippen LogP) is 4.69. The van der Waals surface area contributed by atoms with E-state index in [2.05, 4.69) is 64.5 Å². The van der Waals surface area contributed by atoms with E-state index >= 15 is 0 Å². The van der Waals surface area contributed by atoms with Crippen molar-refractivity contribution in [3.8, 4) is 0 Å². The van der Waals surface area contributed by atoms with Crippen LogP contribution in [-0.4, -0.2) is 5.75 Å². The van der Waals surface area contributed by atoms with E-state index in [9.17, 15) is 0 Å². The summed E-state index contributed by atoms with van der Waals surface area (Å²) in [6.45, 7) is 0. The van der Waals surface area contributed by atoms with Gasteiger partial charge in [-0.2, -0.15) is 0 Å². The third kappa shape index (κ3) is 1.80. The molecule has 1 heterocycles. The fraction of sp³-hybridized carbons (Fsp3) is 0.143. The molecule has 2 aromatic rings. The maximum absolute atomic E-state index is 3.56. The second-order valence-electron chi connectivity index (χ2n) is 3.96. The molecule has 0 aliphatic carbocycles. The summed E-state index contributed by atoms with van der Waals surface area (Å²) in [6, 6.07) is 17.4. The Bertz CT molecular complexity index is 507. The fourth-order valence-corrected chi connectivity index (χ4v) is 3.78. The standard InChI is InChI=1S/C14H11BrS/c15-11-6-7-14-12(8-11)13(9-16-14)10-4-2-1-3-5-10/h1-8,13H,9H2. The topological polar surface area (TPSA) is 0 Å². The molecule has 1 atom stereocenters. The molecule has 1 aliphatic heterocycles. The first-order valence-corrected chi connectivity index (χ1v) is 7.09. The molecule has 0 spiro atoms. The molecule has 0 aromatic heterocycles. The molecule has 0 nitrogen and oxygen atoms in total. The van der Waals surface area contributed by atoms with Crippen molar-refractivity contribution in [2.45, 2.75) is 10.8 Å². The van der Waals surface area contributed by atoms with Gasteiger partial charge < -0.3 is 0 Å². The SMILES string of the molecule is Brc1ccc2c(c1)C(c1ccccc1)CS2. The molecule has 80 valence electrons. The van der Waals surface area contributed by atoms with Crippen molar-refractivity contribution in [3.63, 3.8) is 0 Å². The fourth-order valence-electron chi connectivity index (χ4n) is 2.15. The number of benzene rings is 2. The normalized spacial score (nSPS) is 18.4. The third-order valence-electron chi connectivity index (χ3n) is 2.95. The summed E-state index contributed by atoms with van der Waals surface area (Å²) in [5.41, 5.74) is 2.89. The molecule has 2 aromatic carbocycles. The smallest absolute Gasteiger partial charge is 0.0195 e. The van der Waals surface area contributed by atoms with E-state index in [1.165, 1.54) is 20.5 Å². The molecule has 0 radical (unpaired) electrons. The van der Waals surface area contributed by atoms with Crippen LogP contribution >= 0.6 is 27.7 Å². The number of hydrogen-bond donors (Lipinski definition) is 0. The molecule has 2 heteroatoms. The van der Waals surface area contributed by atoms with Gasteiger partial charge in [-0.05, 0) is 29.3 Å². The van der Waals surface area contributed by atoms with Gasteiger partial charge in [-0.1, -0.05) is 46.3 Å². The highest BCUT2D eigenvalue weighted by Crippen LogP contribution is 2.43. The van der Waals surface area contributed by atoms with E-state index in [1.807, 2.05) is 11.8 Å². The average Bonchev–Trinajstić information content (AvgIpc) is 2.73. The summed E-state index contributed by atoms with van der Waals surface area (Å²) in [5.74, 6) is 1.72. The summed E-state index contributed by atoms with van der Waals surface area (Å²) in [5, 5.41) is 0. The van der Waals surface area contributed by atoms with E-state index in [1.54, 1.807) is 0 Å². The summed E-state index contributed by atoms with van der Waals surface area (Å²) >= 11 is 5.51. The highest BCUT2D eigenvalue weighted by Gasteiger charge is 2.24. The number of rotatable bonds is 1. The van der Waals surface area contributed by atoms with Gasteiger partial charge in [0.15, 0.2) is 0 Å². The van der Waals surface area contributed by atoms with Crippen LogP contribution in [0.5, 0.6) is 0 Å². The average molecular weight is 291 g/mol. The first-order chi connectivity index (χ1) is 7.84. The Labute approximate surface area is 108 Å². The molecular formula is C14H11BrS. The number of fused-ring (bicyclic) bond motifs is 1. The van der Waals surface area contributed by atoms with E-state index in [0.717, 1.165) is 5.75 Å². The number of halogens is 1. The summed E-state index contributed by atoms with van der Waals surface area (Å²) in [6.07, 6.45) is 0. The molecule has 0 bridgehead atoms. The minimum absolute atomic E-state index is 0.554. The van der Waals surface area contributed by atoms with Gasteiger partial charge in [0.1, 0.15) is 0 Å². The minimum Gasteiger partial charge on any atom is -0.125 e. The van der Waals surface area contributed by atoms with Gasteiger partial charge in [0, 0.05) is 21.0 Å². The van der Waals surface area contributed by atoms with Crippen LogP contribution in [0.25, 0.3) is 0 Å². The largest absolute Gasteiger partial charge is 0.125 e. The van der Waals surface area contributed by atoms with Crippen molar-refractivity contribution in [3.05, 3.63) is 64.1 Å². The minimum atomic E-state index is 0.554. The lowest BCUT2D eigenvalue weighted by Crippen LogP contribution is -1.98. The molecule has 0 N–H and O–H groups in total. The Morgan fingerprint density at radius 1 is 1.06 bits per heavy atom. The molecular weight excluding hydrogens is 280 g/mol. The molecule has 0 amide bonds. The highest BCUT2D eigenvalue weighted by molar-refractivity contribution is 9.10. The lowest BCUT2D eigenvalue weighted by Gasteiger charge is -2.11. The van der Waals surface area contributed by atoms with Crippen LogP contribution < -0.4 is 0 Å². The van der Waals surface area contributed by atoms with Crippen LogP contribution in [0.1, 0.15) is 17.0 Å². The predicted molar refractivity (Wildman–Crippen MR) is 73.2 cm³/mol. The third-order valence-corrected chi connectivity index (χ3v) is 4.63. The Morgan fingerprint density at radius 3 is 2.69 bits per heavy atom. The van der Waals surface area contributed by atoms with E-state index < -0.39 is 0 Å². The zero-order chi connectivity index (χ0) is 11.0. The van der Waals surface area contributed by atoms with E-state index in [-0.39, 0.29) is 0 Å². The Kier molecular flexibility index (Phi) is 2.78. The van der Waals surface area contributed by atoms with Crippen LogP contribution in [0.15, 0.2) is 57.9 Å². The number of thioether (sulfide) groups is 1. The molecule has 0 saturated heterocycles. The van der Waals surface area contributed by atoms with Gasteiger partial charge in [-0.25, -0.2) is 0 Å². The molecule has 3 rings (SSSR count). The highest BCUT2D eigenvalue weighted by atomic mass is 79.9. The lowest BCUT2D eigenvalue weighted by molar-refractivity contribution is 0.936. The zero-order valence-electron chi connectivity index (χ0n) is 8.69.